The summed E-state index contributed by atoms with van der Waals surface area (Å²) < 4.78 is 20.5. The second kappa shape index (κ2) is 11.3. The number of benzene rings is 1. The molecule has 9 heteroatoms. The lowest BCUT2D eigenvalue weighted by molar-refractivity contribution is -0.132. The Morgan fingerprint density at radius 3 is 2.67 bits per heavy atom. The fraction of sp³-hybridized carbons (Fsp3) is 0.593. The van der Waals surface area contributed by atoms with Gasteiger partial charge in [0.2, 0.25) is 11.9 Å². The minimum Gasteiger partial charge on any atom is -0.493 e. The first-order valence-electron chi connectivity index (χ1n) is 13.1. The van der Waals surface area contributed by atoms with E-state index in [1.54, 1.807) is 29.4 Å². The third kappa shape index (κ3) is 5.92. The van der Waals surface area contributed by atoms with Gasteiger partial charge in [0, 0.05) is 25.7 Å². The number of anilines is 1. The highest BCUT2D eigenvalue weighted by atomic mass is 35.5. The first-order valence-corrected chi connectivity index (χ1v) is 13.4. The number of halogens is 2. The van der Waals surface area contributed by atoms with Gasteiger partial charge in [-0.1, -0.05) is 17.7 Å². The van der Waals surface area contributed by atoms with Gasteiger partial charge in [-0.25, -0.2) is 14.4 Å². The maximum atomic E-state index is 14.6. The van der Waals surface area contributed by atoms with Crippen molar-refractivity contribution in [3.63, 3.8) is 0 Å². The number of nitrogens with zero attached hydrogens (tertiary/aromatic N) is 4. The zero-order valence-corrected chi connectivity index (χ0v) is 21.2. The van der Waals surface area contributed by atoms with Crippen LogP contribution in [0.25, 0.3) is 0 Å². The number of aromatic nitrogens is 2. The number of ether oxygens (including phenoxy) is 1. The number of carbonyl (C=O) groups is 1. The van der Waals surface area contributed by atoms with Crippen LogP contribution in [0.3, 0.4) is 0 Å². The summed E-state index contributed by atoms with van der Waals surface area (Å²) in [6.07, 6.45) is 9.50. The van der Waals surface area contributed by atoms with Crippen molar-refractivity contribution in [3.05, 3.63) is 47.0 Å². The van der Waals surface area contributed by atoms with Crippen LogP contribution >= 0.6 is 11.6 Å². The Hall–Kier alpha value is -2.45. The van der Waals surface area contributed by atoms with Gasteiger partial charge in [0.15, 0.2) is 0 Å². The van der Waals surface area contributed by atoms with Gasteiger partial charge >= 0.3 is 0 Å². The number of hydrogen-bond donors (Lipinski definition) is 1. The van der Waals surface area contributed by atoms with E-state index in [1.165, 1.54) is 12.5 Å². The number of aliphatic hydroxyl groups excluding tert-OH is 1. The molecule has 194 valence electrons. The van der Waals surface area contributed by atoms with Crippen molar-refractivity contribution >= 4 is 23.5 Å². The van der Waals surface area contributed by atoms with Crippen LogP contribution in [0, 0.1) is 23.6 Å². The van der Waals surface area contributed by atoms with Crippen LogP contribution in [0.15, 0.2) is 30.6 Å². The molecule has 5 rings (SSSR count). The monoisotopic (exact) mass is 516 g/mol. The summed E-state index contributed by atoms with van der Waals surface area (Å²) in [5.74, 6) is 2.87. The van der Waals surface area contributed by atoms with Crippen molar-refractivity contribution in [3.8, 4) is 5.75 Å². The molecule has 2 saturated heterocycles. The molecule has 0 spiro atoms. The lowest BCUT2D eigenvalue weighted by Gasteiger charge is -2.32. The van der Waals surface area contributed by atoms with Crippen LogP contribution < -0.4 is 9.64 Å². The molecule has 1 amide bonds. The molecule has 1 aromatic heterocycles. The quantitative estimate of drug-likeness (QED) is 0.540. The highest BCUT2D eigenvalue weighted by molar-refractivity contribution is 6.30. The summed E-state index contributed by atoms with van der Waals surface area (Å²) >= 11 is 5.89. The van der Waals surface area contributed by atoms with E-state index < -0.39 is 5.82 Å². The van der Waals surface area contributed by atoms with Crippen molar-refractivity contribution in [1.29, 1.82) is 0 Å². The van der Waals surface area contributed by atoms with Crippen molar-refractivity contribution < 1.29 is 19.0 Å². The molecule has 1 aromatic carbocycles. The average Bonchev–Trinajstić information content (AvgIpc) is 3.49. The molecule has 3 heterocycles. The van der Waals surface area contributed by atoms with Crippen molar-refractivity contribution in [1.82, 2.24) is 14.9 Å². The predicted octanol–water partition coefficient (Wildman–Crippen LogP) is 4.12. The normalized spacial score (nSPS) is 24.2. The van der Waals surface area contributed by atoms with Crippen molar-refractivity contribution in [2.45, 2.75) is 51.0 Å². The number of piperidine rings is 1. The van der Waals surface area contributed by atoms with Crippen LogP contribution in [0.5, 0.6) is 5.75 Å². The van der Waals surface area contributed by atoms with E-state index in [-0.39, 0.29) is 25.0 Å². The molecule has 36 heavy (non-hydrogen) atoms. The molecule has 1 saturated carbocycles. The number of hydrogen-bond acceptors (Lipinski definition) is 6. The Labute approximate surface area is 216 Å². The number of aliphatic hydroxyl groups is 1. The molecule has 0 bridgehead atoms. The smallest absolute Gasteiger partial charge is 0.227 e. The molecule has 2 aliphatic heterocycles. The molecular formula is C27H34ClFN4O3. The van der Waals surface area contributed by atoms with Crippen LogP contribution in [0.2, 0.25) is 5.02 Å². The Bertz CT molecular complexity index is 1050. The Morgan fingerprint density at radius 1 is 1.17 bits per heavy atom. The van der Waals surface area contributed by atoms with Crippen LogP contribution in [0.4, 0.5) is 10.3 Å². The highest BCUT2D eigenvalue weighted by Gasteiger charge is 2.43. The SMILES string of the molecule is O=C(Cc1ccc(OCC[C@@H]2C[C@@H]2C2CCN(c3ncc(Cl)cn3)CC2)cc1F)N1CCCC1CO. The first kappa shape index (κ1) is 25.2. The average molecular weight is 517 g/mol. The minimum absolute atomic E-state index is 0.00925. The molecule has 1 unspecified atom stereocenters. The van der Waals surface area contributed by atoms with E-state index in [2.05, 4.69) is 14.9 Å². The summed E-state index contributed by atoms with van der Waals surface area (Å²) in [6, 6.07) is 4.64. The first-order chi connectivity index (χ1) is 17.5. The van der Waals surface area contributed by atoms with Gasteiger partial charge in [-0.15, -0.1) is 0 Å². The minimum atomic E-state index is -0.415. The van der Waals surface area contributed by atoms with E-state index in [0.717, 1.165) is 63.0 Å². The van der Waals surface area contributed by atoms with Crippen molar-refractivity contribution in [2.24, 2.45) is 17.8 Å². The summed E-state index contributed by atoms with van der Waals surface area (Å²) in [5, 5.41) is 9.98. The largest absolute Gasteiger partial charge is 0.493 e. The number of carbonyl (C=O) groups excluding carboxylic acids is 1. The van der Waals surface area contributed by atoms with E-state index in [0.29, 0.717) is 35.4 Å². The number of amides is 1. The van der Waals surface area contributed by atoms with Gasteiger partial charge in [-0.3, -0.25) is 4.79 Å². The van der Waals surface area contributed by atoms with Gasteiger partial charge in [0.05, 0.1) is 43.1 Å². The fourth-order valence-electron chi connectivity index (χ4n) is 5.88. The highest BCUT2D eigenvalue weighted by Crippen LogP contribution is 2.49. The second-order valence-corrected chi connectivity index (χ2v) is 10.8. The zero-order valence-electron chi connectivity index (χ0n) is 20.5. The number of likely N-dealkylation sites (tertiary alicyclic amines) is 1. The molecule has 1 N–H and O–H groups in total. The summed E-state index contributed by atoms with van der Waals surface area (Å²) in [7, 11) is 0. The molecule has 3 fully saturated rings. The van der Waals surface area contributed by atoms with Crippen LogP contribution in [-0.2, 0) is 11.2 Å². The Kier molecular flexibility index (Phi) is 7.91. The van der Waals surface area contributed by atoms with Gasteiger partial charge < -0.3 is 19.6 Å². The zero-order chi connectivity index (χ0) is 25.1. The lowest BCUT2D eigenvalue weighted by atomic mass is 9.90. The molecule has 7 nitrogen and oxygen atoms in total. The molecular weight excluding hydrogens is 483 g/mol. The molecule has 3 aliphatic rings. The molecule has 3 atom stereocenters. The van der Waals surface area contributed by atoms with Crippen LogP contribution in [0.1, 0.15) is 44.1 Å². The Morgan fingerprint density at radius 2 is 1.94 bits per heavy atom. The third-order valence-electron chi connectivity index (χ3n) is 8.04. The van der Waals surface area contributed by atoms with E-state index >= 15 is 0 Å². The van der Waals surface area contributed by atoms with E-state index in [4.69, 9.17) is 16.3 Å². The van der Waals surface area contributed by atoms with Crippen molar-refractivity contribution in [2.75, 3.05) is 37.7 Å². The van der Waals surface area contributed by atoms with E-state index in [1.807, 2.05) is 0 Å². The Balaban J connectivity index is 1.03. The molecule has 2 aromatic rings. The van der Waals surface area contributed by atoms with Crippen LogP contribution in [-0.4, -0.2) is 64.8 Å². The third-order valence-corrected chi connectivity index (χ3v) is 8.24. The lowest BCUT2D eigenvalue weighted by Crippen LogP contribution is -2.38. The molecule has 0 radical (unpaired) electrons. The summed E-state index contributed by atoms with van der Waals surface area (Å²) in [4.78, 5) is 25.1. The fourth-order valence-corrected chi connectivity index (χ4v) is 5.98. The standard InChI is InChI=1S/C27H34ClFN4O3/c28-21-15-30-27(31-16-21)32-9-5-18(6-10-32)24-12-19(24)7-11-36-23-4-3-20(25(29)14-23)13-26(35)33-8-1-2-22(33)17-34/h3-4,14-16,18-19,22,24,34H,1-2,5-13,17H2/t19-,22?,24-/m1/s1. The van der Waals surface area contributed by atoms with Gasteiger partial charge in [0.25, 0.3) is 0 Å². The summed E-state index contributed by atoms with van der Waals surface area (Å²) in [5.41, 5.74) is 0.369. The van der Waals surface area contributed by atoms with Gasteiger partial charge in [0.1, 0.15) is 11.6 Å². The molecule has 1 aliphatic carbocycles. The second-order valence-electron chi connectivity index (χ2n) is 10.3. The summed E-state index contributed by atoms with van der Waals surface area (Å²) in [6.45, 7) is 3.10. The predicted molar refractivity (Wildman–Crippen MR) is 136 cm³/mol. The van der Waals surface area contributed by atoms with Gasteiger partial charge in [-0.05, 0) is 67.9 Å². The maximum absolute atomic E-state index is 14.6. The van der Waals surface area contributed by atoms with E-state index in [9.17, 15) is 14.3 Å². The number of rotatable bonds is 9. The van der Waals surface area contributed by atoms with Gasteiger partial charge in [-0.2, -0.15) is 0 Å². The maximum Gasteiger partial charge on any atom is 0.227 e. The topological polar surface area (TPSA) is 78.8 Å².